The zero-order chi connectivity index (χ0) is 16.7. The topological polar surface area (TPSA) is 32.7 Å². The molecule has 2 atom stereocenters. The van der Waals surface area contributed by atoms with Gasteiger partial charge in [0.2, 0.25) is 0 Å². The van der Waals surface area contributed by atoms with E-state index in [1.807, 2.05) is 31.2 Å². The van der Waals surface area contributed by atoms with E-state index in [9.17, 15) is 5.11 Å². The highest BCUT2D eigenvalue weighted by Crippen LogP contribution is 2.23. The van der Waals surface area contributed by atoms with Crippen LogP contribution in [0.1, 0.15) is 57.6 Å². The normalized spacial score (nSPS) is 19.0. The minimum Gasteiger partial charge on any atom is -0.389 e. The average molecular weight is 340 g/mol. The molecule has 23 heavy (non-hydrogen) atoms. The Hall–Kier alpha value is -0.610. The maximum absolute atomic E-state index is 10.3. The fourth-order valence-electron chi connectivity index (χ4n) is 3.39. The summed E-state index contributed by atoms with van der Waals surface area (Å²) in [5.41, 5.74) is 1.08. The summed E-state index contributed by atoms with van der Waals surface area (Å²) < 4.78 is 5.84. The quantitative estimate of drug-likeness (QED) is 0.760. The van der Waals surface area contributed by atoms with Crippen LogP contribution in [0.15, 0.2) is 24.3 Å². The second-order valence-corrected chi connectivity index (χ2v) is 7.00. The van der Waals surface area contributed by atoms with Crippen LogP contribution >= 0.6 is 11.6 Å². The maximum atomic E-state index is 10.3. The van der Waals surface area contributed by atoms with Gasteiger partial charge >= 0.3 is 0 Å². The average Bonchev–Trinajstić information content (AvgIpc) is 2.59. The van der Waals surface area contributed by atoms with Crippen molar-refractivity contribution in [1.29, 1.82) is 0 Å². The van der Waals surface area contributed by atoms with Crippen molar-refractivity contribution in [1.82, 2.24) is 4.90 Å². The fraction of sp³-hybridized carbons (Fsp3) is 0.684. The third-order valence-corrected chi connectivity index (χ3v) is 5.07. The molecule has 0 saturated heterocycles. The van der Waals surface area contributed by atoms with Gasteiger partial charge < -0.3 is 9.84 Å². The number of benzene rings is 1. The number of likely N-dealkylation sites (N-methyl/N-ethyl adjacent to an activating group) is 1. The number of ether oxygens (including phenoxy) is 1. The number of nitrogens with zero attached hydrogens (tertiary/aromatic N) is 1. The molecule has 4 heteroatoms. The largest absolute Gasteiger partial charge is 0.389 e. The van der Waals surface area contributed by atoms with E-state index in [1.165, 1.54) is 32.1 Å². The summed E-state index contributed by atoms with van der Waals surface area (Å²) >= 11 is 5.90. The standard InChI is InChI=1S/C19H30ClNO2/c1-3-21(18-7-5-4-6-8-18)13-19(22)14-23-15(2)16-9-11-17(20)12-10-16/h9-12,15,18-19,22H,3-8,13-14H2,1-2H3/t15-,19+/m1/s1. The molecule has 0 unspecified atom stereocenters. The van der Waals surface area contributed by atoms with E-state index >= 15 is 0 Å². The van der Waals surface area contributed by atoms with Crippen LogP contribution < -0.4 is 0 Å². The molecular formula is C19H30ClNO2. The van der Waals surface area contributed by atoms with Crippen molar-refractivity contribution < 1.29 is 9.84 Å². The molecule has 0 aliphatic heterocycles. The van der Waals surface area contributed by atoms with Crippen LogP contribution in [0.3, 0.4) is 0 Å². The van der Waals surface area contributed by atoms with Crippen LogP contribution in [0.5, 0.6) is 0 Å². The van der Waals surface area contributed by atoms with Gasteiger partial charge in [-0.25, -0.2) is 0 Å². The molecule has 130 valence electrons. The predicted octanol–water partition coefficient (Wildman–Crippen LogP) is 4.43. The molecule has 0 bridgehead atoms. The van der Waals surface area contributed by atoms with E-state index in [2.05, 4.69) is 11.8 Å². The van der Waals surface area contributed by atoms with Crippen molar-refractivity contribution in [3.8, 4) is 0 Å². The van der Waals surface area contributed by atoms with Gasteiger partial charge in [-0.15, -0.1) is 0 Å². The van der Waals surface area contributed by atoms with E-state index in [4.69, 9.17) is 16.3 Å². The number of aliphatic hydroxyl groups is 1. The van der Waals surface area contributed by atoms with Gasteiger partial charge in [0.05, 0.1) is 18.8 Å². The van der Waals surface area contributed by atoms with Crippen molar-refractivity contribution in [2.75, 3.05) is 19.7 Å². The first-order valence-corrected chi connectivity index (χ1v) is 9.27. The second kappa shape index (κ2) is 9.63. The smallest absolute Gasteiger partial charge is 0.0900 e. The summed E-state index contributed by atoms with van der Waals surface area (Å²) in [6, 6.07) is 8.32. The van der Waals surface area contributed by atoms with Gasteiger partial charge in [-0.05, 0) is 44.0 Å². The highest BCUT2D eigenvalue weighted by molar-refractivity contribution is 6.30. The molecule has 0 radical (unpaired) electrons. The number of halogens is 1. The molecule has 1 aromatic rings. The third-order valence-electron chi connectivity index (χ3n) is 4.82. The lowest BCUT2D eigenvalue weighted by Gasteiger charge is -2.34. The van der Waals surface area contributed by atoms with E-state index in [0.717, 1.165) is 17.1 Å². The number of hydrogen-bond acceptors (Lipinski definition) is 3. The van der Waals surface area contributed by atoms with Crippen LogP contribution in [0.2, 0.25) is 5.02 Å². The van der Waals surface area contributed by atoms with E-state index < -0.39 is 6.10 Å². The lowest BCUT2D eigenvalue weighted by Crippen LogP contribution is -2.42. The molecule has 1 aliphatic carbocycles. The monoisotopic (exact) mass is 339 g/mol. The van der Waals surface area contributed by atoms with Gasteiger partial charge in [0.1, 0.15) is 0 Å². The molecule has 0 amide bonds. The van der Waals surface area contributed by atoms with Crippen LogP contribution in [-0.4, -0.2) is 41.8 Å². The minimum atomic E-state index is -0.438. The summed E-state index contributed by atoms with van der Waals surface area (Å²) in [7, 11) is 0. The molecular weight excluding hydrogens is 310 g/mol. The molecule has 2 rings (SSSR count). The van der Waals surface area contributed by atoms with E-state index in [1.54, 1.807) is 0 Å². The summed E-state index contributed by atoms with van der Waals surface area (Å²) in [4.78, 5) is 2.42. The Kier molecular flexibility index (Phi) is 7.84. The molecule has 3 nitrogen and oxygen atoms in total. The van der Waals surface area contributed by atoms with Crippen LogP contribution in [0.4, 0.5) is 0 Å². The number of rotatable bonds is 8. The molecule has 1 aliphatic rings. The first kappa shape index (κ1) is 18.7. The predicted molar refractivity (Wildman–Crippen MR) is 95.9 cm³/mol. The van der Waals surface area contributed by atoms with Crippen LogP contribution in [-0.2, 0) is 4.74 Å². The Morgan fingerprint density at radius 1 is 1.22 bits per heavy atom. The van der Waals surface area contributed by atoms with Gasteiger partial charge in [-0.3, -0.25) is 4.90 Å². The first-order valence-electron chi connectivity index (χ1n) is 8.89. The molecule has 0 aromatic heterocycles. The zero-order valence-corrected chi connectivity index (χ0v) is 15.1. The highest BCUT2D eigenvalue weighted by Gasteiger charge is 2.22. The van der Waals surface area contributed by atoms with Crippen molar-refractivity contribution in [2.24, 2.45) is 0 Å². The molecule has 0 spiro atoms. The molecule has 1 aromatic carbocycles. The Labute approximate surface area is 145 Å². The van der Waals surface area contributed by atoms with Crippen LogP contribution in [0.25, 0.3) is 0 Å². The van der Waals surface area contributed by atoms with Crippen molar-refractivity contribution in [3.05, 3.63) is 34.9 Å². The van der Waals surface area contributed by atoms with Gasteiger partial charge in [0.25, 0.3) is 0 Å². The lowest BCUT2D eigenvalue weighted by molar-refractivity contribution is -0.0223. The summed E-state index contributed by atoms with van der Waals surface area (Å²) in [5.74, 6) is 0. The SMILES string of the molecule is CCN(C[C@H](O)CO[C@H](C)c1ccc(Cl)cc1)C1CCCCC1. The highest BCUT2D eigenvalue weighted by atomic mass is 35.5. The van der Waals surface area contributed by atoms with E-state index in [-0.39, 0.29) is 6.10 Å². The summed E-state index contributed by atoms with van der Waals surface area (Å²) in [5, 5.41) is 11.1. The molecule has 1 saturated carbocycles. The van der Waals surface area contributed by atoms with Gasteiger partial charge in [-0.2, -0.15) is 0 Å². The summed E-state index contributed by atoms with van der Waals surface area (Å²) in [6.07, 6.45) is 6.06. The second-order valence-electron chi connectivity index (χ2n) is 6.56. The Morgan fingerprint density at radius 3 is 2.48 bits per heavy atom. The zero-order valence-electron chi connectivity index (χ0n) is 14.4. The first-order chi connectivity index (χ1) is 11.1. The van der Waals surface area contributed by atoms with Crippen molar-refractivity contribution in [3.63, 3.8) is 0 Å². The Bertz CT molecular complexity index is 445. The van der Waals surface area contributed by atoms with Gasteiger partial charge in [-0.1, -0.05) is 49.9 Å². The maximum Gasteiger partial charge on any atom is 0.0900 e. The number of aliphatic hydroxyl groups excluding tert-OH is 1. The molecule has 1 fully saturated rings. The summed E-state index contributed by atoms with van der Waals surface area (Å²) in [6.45, 7) is 6.25. The van der Waals surface area contributed by atoms with Gasteiger partial charge in [0.15, 0.2) is 0 Å². The van der Waals surface area contributed by atoms with Crippen LogP contribution in [0, 0.1) is 0 Å². The lowest BCUT2D eigenvalue weighted by atomic mass is 9.94. The number of hydrogen-bond donors (Lipinski definition) is 1. The van der Waals surface area contributed by atoms with Crippen molar-refractivity contribution >= 4 is 11.6 Å². The minimum absolute atomic E-state index is 0.0355. The van der Waals surface area contributed by atoms with Gasteiger partial charge in [0, 0.05) is 17.6 Å². The Balaban J connectivity index is 1.76. The third kappa shape index (κ3) is 6.07. The molecule has 1 N–H and O–H groups in total. The van der Waals surface area contributed by atoms with Crippen molar-refractivity contribution in [2.45, 2.75) is 64.2 Å². The fourth-order valence-corrected chi connectivity index (χ4v) is 3.52. The molecule has 0 heterocycles. The Morgan fingerprint density at radius 2 is 1.87 bits per heavy atom. The van der Waals surface area contributed by atoms with E-state index in [0.29, 0.717) is 19.2 Å².